The Kier molecular flexibility index (Phi) is 2.82. The van der Waals surface area contributed by atoms with E-state index in [0.717, 1.165) is 6.42 Å². The van der Waals surface area contributed by atoms with E-state index in [2.05, 4.69) is 31.2 Å². The van der Waals surface area contributed by atoms with Crippen molar-refractivity contribution in [2.24, 2.45) is 5.92 Å². The summed E-state index contributed by atoms with van der Waals surface area (Å²) < 4.78 is 4.95. The SMILES string of the molecule is C[C@@H]1C/C(=C/N2CCOC2=O)[C@H]1c1ccccc1. The van der Waals surface area contributed by atoms with Crippen LogP contribution in [-0.2, 0) is 4.74 Å². The Labute approximate surface area is 107 Å². The second-order valence-corrected chi connectivity index (χ2v) is 5.08. The van der Waals surface area contributed by atoms with Crippen molar-refractivity contribution >= 4 is 6.09 Å². The lowest BCUT2D eigenvalue weighted by atomic mass is 9.67. The van der Waals surface area contributed by atoms with Gasteiger partial charge >= 0.3 is 6.09 Å². The molecule has 18 heavy (non-hydrogen) atoms. The zero-order valence-electron chi connectivity index (χ0n) is 10.5. The molecule has 94 valence electrons. The van der Waals surface area contributed by atoms with Gasteiger partial charge in [0.1, 0.15) is 6.61 Å². The van der Waals surface area contributed by atoms with Crippen molar-refractivity contribution in [3.8, 4) is 0 Å². The molecule has 1 amide bonds. The molecule has 0 spiro atoms. The molecule has 0 N–H and O–H groups in total. The summed E-state index contributed by atoms with van der Waals surface area (Å²) in [5.41, 5.74) is 2.68. The number of carbonyl (C=O) groups excluding carboxylic acids is 1. The van der Waals surface area contributed by atoms with Crippen LogP contribution in [0.2, 0.25) is 0 Å². The molecule has 0 radical (unpaired) electrons. The number of amides is 1. The highest BCUT2D eigenvalue weighted by Gasteiger charge is 2.35. The maximum absolute atomic E-state index is 11.4. The third-order valence-corrected chi connectivity index (χ3v) is 3.80. The molecule has 2 aliphatic rings. The maximum atomic E-state index is 11.4. The molecule has 3 rings (SSSR count). The van der Waals surface area contributed by atoms with Crippen LogP contribution in [0.4, 0.5) is 4.79 Å². The number of hydrogen-bond acceptors (Lipinski definition) is 2. The van der Waals surface area contributed by atoms with Crippen LogP contribution in [0.1, 0.15) is 24.8 Å². The third kappa shape index (κ3) is 1.90. The van der Waals surface area contributed by atoms with Crippen LogP contribution in [0, 0.1) is 5.92 Å². The molecule has 3 heteroatoms. The van der Waals surface area contributed by atoms with Crippen LogP contribution in [-0.4, -0.2) is 24.1 Å². The largest absolute Gasteiger partial charge is 0.447 e. The quantitative estimate of drug-likeness (QED) is 0.798. The lowest BCUT2D eigenvalue weighted by Crippen LogP contribution is -2.28. The maximum Gasteiger partial charge on any atom is 0.413 e. The summed E-state index contributed by atoms with van der Waals surface area (Å²) in [4.78, 5) is 13.1. The Morgan fingerprint density at radius 1 is 1.33 bits per heavy atom. The Hall–Kier alpha value is -1.77. The summed E-state index contributed by atoms with van der Waals surface area (Å²) in [5, 5.41) is 0. The van der Waals surface area contributed by atoms with Crippen molar-refractivity contribution in [2.45, 2.75) is 19.3 Å². The molecule has 1 saturated heterocycles. The Morgan fingerprint density at radius 2 is 2.11 bits per heavy atom. The van der Waals surface area contributed by atoms with Gasteiger partial charge in [-0.05, 0) is 23.5 Å². The van der Waals surface area contributed by atoms with Gasteiger partial charge in [0.25, 0.3) is 0 Å². The fourth-order valence-corrected chi connectivity index (χ4v) is 2.88. The summed E-state index contributed by atoms with van der Waals surface area (Å²) in [6.45, 7) is 3.45. The lowest BCUT2D eigenvalue weighted by molar-refractivity contribution is 0.165. The summed E-state index contributed by atoms with van der Waals surface area (Å²) in [6, 6.07) is 10.5. The normalized spacial score (nSPS) is 29.3. The van der Waals surface area contributed by atoms with Crippen LogP contribution >= 0.6 is 0 Å². The predicted octanol–water partition coefficient (Wildman–Crippen LogP) is 3.15. The summed E-state index contributed by atoms with van der Waals surface area (Å²) >= 11 is 0. The molecule has 1 aliphatic heterocycles. The van der Waals surface area contributed by atoms with E-state index < -0.39 is 0 Å². The average molecular weight is 243 g/mol. The van der Waals surface area contributed by atoms with Gasteiger partial charge in [-0.3, -0.25) is 4.90 Å². The highest BCUT2D eigenvalue weighted by Crippen LogP contribution is 2.47. The molecule has 0 aromatic heterocycles. The Bertz CT molecular complexity index is 481. The molecule has 3 nitrogen and oxygen atoms in total. The highest BCUT2D eigenvalue weighted by molar-refractivity contribution is 5.70. The number of ether oxygens (including phenoxy) is 1. The lowest BCUT2D eigenvalue weighted by Gasteiger charge is -2.38. The monoisotopic (exact) mass is 243 g/mol. The topological polar surface area (TPSA) is 29.5 Å². The molecular formula is C15H17NO2. The number of rotatable bonds is 2. The van der Waals surface area contributed by atoms with Crippen LogP contribution in [0.15, 0.2) is 42.1 Å². The number of benzene rings is 1. The second kappa shape index (κ2) is 4.48. The molecule has 1 aromatic carbocycles. The number of nitrogens with zero attached hydrogens (tertiary/aromatic N) is 1. The number of cyclic esters (lactones) is 1. The van der Waals surface area contributed by atoms with Crippen molar-refractivity contribution in [2.75, 3.05) is 13.2 Å². The highest BCUT2D eigenvalue weighted by atomic mass is 16.6. The molecule has 1 aromatic rings. The minimum absolute atomic E-state index is 0.214. The molecule has 2 atom stereocenters. The summed E-state index contributed by atoms with van der Waals surface area (Å²) in [6.07, 6.45) is 2.85. The Balaban J connectivity index is 1.82. The van der Waals surface area contributed by atoms with Gasteiger partial charge in [-0.2, -0.15) is 0 Å². The van der Waals surface area contributed by atoms with Gasteiger partial charge < -0.3 is 4.74 Å². The van der Waals surface area contributed by atoms with Gasteiger partial charge in [0, 0.05) is 12.1 Å². The summed E-state index contributed by atoms with van der Waals surface area (Å²) in [5.74, 6) is 1.11. The molecule has 2 fully saturated rings. The average Bonchev–Trinajstić information content (AvgIpc) is 2.75. The molecule has 0 bridgehead atoms. The first-order chi connectivity index (χ1) is 8.75. The fourth-order valence-electron chi connectivity index (χ4n) is 2.88. The van der Waals surface area contributed by atoms with E-state index in [0.29, 0.717) is 25.0 Å². The minimum atomic E-state index is -0.214. The van der Waals surface area contributed by atoms with E-state index in [4.69, 9.17) is 4.74 Å². The third-order valence-electron chi connectivity index (χ3n) is 3.80. The van der Waals surface area contributed by atoms with Crippen molar-refractivity contribution in [1.82, 2.24) is 4.90 Å². The number of hydrogen-bond donors (Lipinski definition) is 0. The van der Waals surface area contributed by atoms with Crippen molar-refractivity contribution in [3.05, 3.63) is 47.7 Å². The van der Waals surface area contributed by atoms with Crippen molar-refractivity contribution in [3.63, 3.8) is 0 Å². The first kappa shape index (κ1) is 11.3. The molecule has 1 saturated carbocycles. The standard InChI is InChI=1S/C15H17NO2/c1-11-9-13(10-16-7-8-18-15(16)17)14(11)12-5-3-2-4-6-12/h2-6,10-11,14H,7-9H2,1H3/b13-10-/t11-,14-/m1/s1. The predicted molar refractivity (Wildman–Crippen MR) is 69.1 cm³/mol. The number of allylic oxidation sites excluding steroid dienone is 1. The van der Waals surface area contributed by atoms with Crippen molar-refractivity contribution in [1.29, 1.82) is 0 Å². The van der Waals surface area contributed by atoms with E-state index in [1.165, 1.54) is 11.1 Å². The first-order valence-electron chi connectivity index (χ1n) is 6.44. The van der Waals surface area contributed by atoms with Crippen LogP contribution in [0.25, 0.3) is 0 Å². The van der Waals surface area contributed by atoms with Gasteiger partial charge in [0.05, 0.1) is 6.54 Å². The zero-order chi connectivity index (χ0) is 12.5. The minimum Gasteiger partial charge on any atom is -0.447 e. The molecule has 0 unspecified atom stereocenters. The van der Waals surface area contributed by atoms with Crippen LogP contribution in [0.3, 0.4) is 0 Å². The van der Waals surface area contributed by atoms with E-state index in [9.17, 15) is 4.79 Å². The van der Waals surface area contributed by atoms with E-state index in [1.807, 2.05) is 12.3 Å². The summed E-state index contributed by atoms with van der Waals surface area (Å²) in [7, 11) is 0. The molecular weight excluding hydrogens is 226 g/mol. The van der Waals surface area contributed by atoms with E-state index >= 15 is 0 Å². The first-order valence-corrected chi connectivity index (χ1v) is 6.44. The molecule has 1 heterocycles. The zero-order valence-corrected chi connectivity index (χ0v) is 10.5. The number of carbonyl (C=O) groups is 1. The van der Waals surface area contributed by atoms with E-state index in [1.54, 1.807) is 4.90 Å². The molecule has 1 aliphatic carbocycles. The van der Waals surface area contributed by atoms with Crippen LogP contribution in [0.5, 0.6) is 0 Å². The van der Waals surface area contributed by atoms with Gasteiger partial charge in [0.15, 0.2) is 0 Å². The fraction of sp³-hybridized carbons (Fsp3) is 0.400. The smallest absolute Gasteiger partial charge is 0.413 e. The second-order valence-electron chi connectivity index (χ2n) is 5.08. The van der Waals surface area contributed by atoms with E-state index in [-0.39, 0.29) is 6.09 Å². The van der Waals surface area contributed by atoms with Gasteiger partial charge in [0.2, 0.25) is 0 Å². The van der Waals surface area contributed by atoms with Crippen molar-refractivity contribution < 1.29 is 9.53 Å². The Morgan fingerprint density at radius 3 is 2.72 bits per heavy atom. The van der Waals surface area contributed by atoms with Gasteiger partial charge in [-0.15, -0.1) is 0 Å². The van der Waals surface area contributed by atoms with Gasteiger partial charge in [-0.25, -0.2) is 4.79 Å². The van der Waals surface area contributed by atoms with Gasteiger partial charge in [-0.1, -0.05) is 37.3 Å². The van der Waals surface area contributed by atoms with Crippen LogP contribution < -0.4 is 0 Å².